The SMILES string of the molecule is Cc1cc(CS[C@@H](C)C(=O)NC2CCCC2)no1. The molecule has 1 N–H and O–H groups in total. The van der Waals surface area contributed by atoms with E-state index in [-0.39, 0.29) is 11.2 Å². The molecule has 0 spiro atoms. The van der Waals surface area contributed by atoms with Crippen LogP contribution >= 0.6 is 11.8 Å². The van der Waals surface area contributed by atoms with Crippen molar-refractivity contribution in [1.29, 1.82) is 0 Å². The van der Waals surface area contributed by atoms with E-state index in [1.807, 2.05) is 19.9 Å². The van der Waals surface area contributed by atoms with Crippen LogP contribution in [0, 0.1) is 6.92 Å². The van der Waals surface area contributed by atoms with Crippen molar-refractivity contribution in [3.63, 3.8) is 0 Å². The monoisotopic (exact) mass is 268 g/mol. The largest absolute Gasteiger partial charge is 0.361 e. The number of hydrogen-bond donors (Lipinski definition) is 1. The maximum Gasteiger partial charge on any atom is 0.233 e. The summed E-state index contributed by atoms with van der Waals surface area (Å²) in [6.45, 7) is 3.82. The molecule has 5 heteroatoms. The Morgan fingerprint density at radius 3 is 2.94 bits per heavy atom. The van der Waals surface area contributed by atoms with Crippen LogP contribution in [0.25, 0.3) is 0 Å². The quantitative estimate of drug-likeness (QED) is 0.892. The van der Waals surface area contributed by atoms with Crippen molar-refractivity contribution in [2.24, 2.45) is 0 Å². The molecule has 1 saturated carbocycles. The van der Waals surface area contributed by atoms with Crippen molar-refractivity contribution >= 4 is 17.7 Å². The summed E-state index contributed by atoms with van der Waals surface area (Å²) >= 11 is 1.60. The lowest BCUT2D eigenvalue weighted by molar-refractivity contribution is -0.120. The first-order valence-corrected chi connectivity index (χ1v) is 7.54. The topological polar surface area (TPSA) is 55.1 Å². The molecule has 0 bridgehead atoms. The Kier molecular flexibility index (Phi) is 4.69. The van der Waals surface area contributed by atoms with E-state index in [2.05, 4.69) is 10.5 Å². The van der Waals surface area contributed by atoms with Crippen molar-refractivity contribution in [2.45, 2.75) is 56.6 Å². The molecule has 1 fully saturated rings. The first-order valence-electron chi connectivity index (χ1n) is 6.49. The van der Waals surface area contributed by atoms with Gasteiger partial charge in [0.25, 0.3) is 0 Å². The minimum Gasteiger partial charge on any atom is -0.361 e. The summed E-state index contributed by atoms with van der Waals surface area (Å²) in [7, 11) is 0. The Hall–Kier alpha value is -0.970. The van der Waals surface area contributed by atoms with Gasteiger partial charge in [-0.25, -0.2) is 0 Å². The van der Waals surface area contributed by atoms with Gasteiger partial charge in [-0.15, -0.1) is 11.8 Å². The number of amides is 1. The van der Waals surface area contributed by atoms with Crippen LogP contribution in [-0.4, -0.2) is 22.4 Å². The molecule has 4 nitrogen and oxygen atoms in total. The van der Waals surface area contributed by atoms with Gasteiger partial charge in [-0.2, -0.15) is 0 Å². The third-order valence-electron chi connectivity index (χ3n) is 3.23. The molecule has 1 aromatic rings. The third-order valence-corrected chi connectivity index (χ3v) is 4.41. The first kappa shape index (κ1) is 13.5. The van der Waals surface area contributed by atoms with Gasteiger partial charge in [-0.1, -0.05) is 18.0 Å². The number of nitrogens with zero attached hydrogens (tertiary/aromatic N) is 1. The average molecular weight is 268 g/mol. The molecule has 1 atom stereocenters. The zero-order chi connectivity index (χ0) is 13.0. The molecule has 1 heterocycles. The van der Waals surface area contributed by atoms with Crippen LogP contribution in [0.2, 0.25) is 0 Å². The van der Waals surface area contributed by atoms with Gasteiger partial charge in [0.15, 0.2) is 0 Å². The van der Waals surface area contributed by atoms with E-state index in [4.69, 9.17) is 4.52 Å². The van der Waals surface area contributed by atoms with Crippen LogP contribution in [-0.2, 0) is 10.5 Å². The van der Waals surface area contributed by atoms with E-state index in [9.17, 15) is 4.79 Å². The van der Waals surface area contributed by atoms with Crippen molar-refractivity contribution < 1.29 is 9.32 Å². The molecule has 0 saturated heterocycles. The van der Waals surface area contributed by atoms with Crippen LogP contribution < -0.4 is 5.32 Å². The summed E-state index contributed by atoms with van der Waals surface area (Å²) in [5.41, 5.74) is 0.901. The van der Waals surface area contributed by atoms with Gasteiger partial charge in [-0.3, -0.25) is 4.79 Å². The number of hydrogen-bond acceptors (Lipinski definition) is 4. The number of carbonyl (C=O) groups excluding carboxylic acids is 1. The zero-order valence-electron chi connectivity index (χ0n) is 10.9. The number of thioether (sulfide) groups is 1. The summed E-state index contributed by atoms with van der Waals surface area (Å²) in [5, 5.41) is 7.00. The highest BCUT2D eigenvalue weighted by atomic mass is 32.2. The average Bonchev–Trinajstić information content (AvgIpc) is 2.97. The van der Waals surface area contributed by atoms with E-state index in [1.165, 1.54) is 12.8 Å². The van der Waals surface area contributed by atoms with E-state index in [1.54, 1.807) is 11.8 Å². The Morgan fingerprint density at radius 2 is 2.33 bits per heavy atom. The number of nitrogens with one attached hydrogen (secondary N) is 1. The predicted molar refractivity (Wildman–Crippen MR) is 72.4 cm³/mol. The fourth-order valence-corrected chi connectivity index (χ4v) is 2.94. The summed E-state index contributed by atoms with van der Waals surface area (Å²) < 4.78 is 5.00. The Bertz CT molecular complexity index is 399. The van der Waals surface area contributed by atoms with Gasteiger partial charge in [0.2, 0.25) is 5.91 Å². The van der Waals surface area contributed by atoms with Crippen LogP contribution in [0.4, 0.5) is 0 Å². The van der Waals surface area contributed by atoms with Crippen molar-refractivity contribution in [3.8, 4) is 0 Å². The van der Waals surface area contributed by atoms with E-state index in [0.29, 0.717) is 6.04 Å². The first-order chi connectivity index (χ1) is 8.65. The van der Waals surface area contributed by atoms with Gasteiger partial charge in [0.1, 0.15) is 5.76 Å². The van der Waals surface area contributed by atoms with Gasteiger partial charge in [0, 0.05) is 17.9 Å². The fourth-order valence-electron chi connectivity index (χ4n) is 2.16. The van der Waals surface area contributed by atoms with Crippen molar-refractivity contribution in [3.05, 3.63) is 17.5 Å². The van der Waals surface area contributed by atoms with E-state index >= 15 is 0 Å². The molecule has 0 aliphatic heterocycles. The molecule has 1 amide bonds. The summed E-state index contributed by atoms with van der Waals surface area (Å²) in [6, 6.07) is 2.31. The maximum absolute atomic E-state index is 11.9. The molecule has 1 aliphatic rings. The lowest BCUT2D eigenvalue weighted by Gasteiger charge is -2.15. The van der Waals surface area contributed by atoms with Crippen LogP contribution in [0.15, 0.2) is 10.6 Å². The minimum absolute atomic E-state index is 0.0393. The van der Waals surface area contributed by atoms with Gasteiger partial charge >= 0.3 is 0 Å². The number of aryl methyl sites for hydroxylation is 1. The van der Waals surface area contributed by atoms with Gasteiger partial charge in [0.05, 0.1) is 10.9 Å². The van der Waals surface area contributed by atoms with Crippen LogP contribution in [0.1, 0.15) is 44.1 Å². The highest BCUT2D eigenvalue weighted by molar-refractivity contribution is 7.99. The van der Waals surface area contributed by atoms with Crippen LogP contribution in [0.5, 0.6) is 0 Å². The standard InChI is InChI=1S/C13H20N2O2S/c1-9-7-12(15-17-9)8-18-10(2)13(16)14-11-5-3-4-6-11/h7,10-11H,3-6,8H2,1-2H3,(H,14,16)/t10-/m0/s1. The van der Waals surface area contributed by atoms with E-state index in [0.717, 1.165) is 30.0 Å². The predicted octanol–water partition coefficient (Wildman–Crippen LogP) is 2.66. The second-order valence-electron chi connectivity index (χ2n) is 4.87. The molecule has 0 radical (unpaired) electrons. The number of aromatic nitrogens is 1. The Balaban J connectivity index is 1.73. The Labute approximate surface area is 112 Å². The molecule has 1 aromatic heterocycles. The lowest BCUT2D eigenvalue weighted by atomic mass is 10.2. The smallest absolute Gasteiger partial charge is 0.233 e. The third kappa shape index (κ3) is 3.77. The Morgan fingerprint density at radius 1 is 1.61 bits per heavy atom. The molecule has 1 aliphatic carbocycles. The minimum atomic E-state index is -0.0393. The summed E-state index contributed by atoms with van der Waals surface area (Å²) in [6.07, 6.45) is 4.74. The molecule has 2 rings (SSSR count). The van der Waals surface area contributed by atoms with Gasteiger partial charge < -0.3 is 9.84 Å². The molecule has 100 valence electrons. The number of carbonyl (C=O) groups is 1. The highest BCUT2D eigenvalue weighted by Gasteiger charge is 2.21. The maximum atomic E-state index is 11.9. The summed E-state index contributed by atoms with van der Waals surface area (Å²) in [4.78, 5) is 11.9. The lowest BCUT2D eigenvalue weighted by Crippen LogP contribution is -2.37. The second kappa shape index (κ2) is 6.27. The van der Waals surface area contributed by atoms with Crippen LogP contribution in [0.3, 0.4) is 0 Å². The fraction of sp³-hybridized carbons (Fsp3) is 0.692. The second-order valence-corrected chi connectivity index (χ2v) is 6.20. The van der Waals surface area contributed by atoms with E-state index < -0.39 is 0 Å². The normalized spacial score (nSPS) is 17.9. The molecule has 0 aromatic carbocycles. The molecular weight excluding hydrogens is 248 g/mol. The summed E-state index contributed by atoms with van der Waals surface area (Å²) in [5.74, 6) is 1.68. The zero-order valence-corrected chi connectivity index (χ0v) is 11.8. The van der Waals surface area contributed by atoms with Crippen molar-refractivity contribution in [2.75, 3.05) is 0 Å². The highest BCUT2D eigenvalue weighted by Crippen LogP contribution is 2.21. The van der Waals surface area contributed by atoms with Crippen molar-refractivity contribution in [1.82, 2.24) is 10.5 Å². The van der Waals surface area contributed by atoms with Gasteiger partial charge in [-0.05, 0) is 26.7 Å². The molecule has 18 heavy (non-hydrogen) atoms. The molecule has 0 unspecified atom stereocenters. The molecular formula is C13H20N2O2S. The number of rotatable bonds is 5.